The lowest BCUT2D eigenvalue weighted by atomic mass is 10.1. The molecule has 1 aliphatic rings. The summed E-state index contributed by atoms with van der Waals surface area (Å²) in [6.45, 7) is 0. The number of nitrogens with one attached hydrogen (secondary N) is 1. The molecule has 0 radical (unpaired) electrons. The van der Waals surface area contributed by atoms with Gasteiger partial charge in [-0.2, -0.15) is 0 Å². The van der Waals surface area contributed by atoms with Crippen LogP contribution in [0.2, 0.25) is 0 Å². The van der Waals surface area contributed by atoms with E-state index in [4.69, 9.17) is 9.15 Å². The third-order valence-corrected chi connectivity index (χ3v) is 2.92. The maximum absolute atomic E-state index is 11.8. The van der Waals surface area contributed by atoms with Gasteiger partial charge in [-0.15, -0.1) is 0 Å². The van der Waals surface area contributed by atoms with Gasteiger partial charge in [0.05, 0.1) is 5.56 Å². The Balaban J connectivity index is 1.96. The highest BCUT2D eigenvalue weighted by Gasteiger charge is 2.28. The van der Waals surface area contributed by atoms with Crippen molar-refractivity contribution in [3.63, 3.8) is 0 Å². The molecule has 0 saturated heterocycles. The SMILES string of the molecule is O=C1N[C@@H](c2ccc(Br)o2)Oc2ccccc21. The van der Waals surface area contributed by atoms with Gasteiger partial charge in [0.15, 0.2) is 10.4 Å². The molecule has 0 saturated carbocycles. The van der Waals surface area contributed by atoms with Crippen LogP contribution >= 0.6 is 15.9 Å². The van der Waals surface area contributed by atoms with Crippen LogP contribution in [0.1, 0.15) is 22.3 Å². The quantitative estimate of drug-likeness (QED) is 0.880. The van der Waals surface area contributed by atoms with Crippen LogP contribution in [-0.2, 0) is 0 Å². The summed E-state index contributed by atoms with van der Waals surface area (Å²) < 4.78 is 11.6. The number of ether oxygens (including phenoxy) is 1. The fraction of sp³-hybridized carbons (Fsp3) is 0.0833. The fourth-order valence-corrected chi connectivity index (χ4v) is 2.03. The van der Waals surface area contributed by atoms with Crippen LogP contribution in [0.25, 0.3) is 0 Å². The topological polar surface area (TPSA) is 51.5 Å². The van der Waals surface area contributed by atoms with Crippen molar-refractivity contribution in [3.8, 4) is 5.75 Å². The van der Waals surface area contributed by atoms with E-state index in [1.165, 1.54) is 0 Å². The van der Waals surface area contributed by atoms with Crippen LogP contribution < -0.4 is 10.1 Å². The molecule has 0 spiro atoms. The molecule has 0 aliphatic carbocycles. The molecule has 1 aromatic carbocycles. The van der Waals surface area contributed by atoms with Crippen molar-refractivity contribution in [2.45, 2.75) is 6.23 Å². The Kier molecular flexibility index (Phi) is 2.40. The maximum atomic E-state index is 11.8. The van der Waals surface area contributed by atoms with Crippen molar-refractivity contribution in [1.29, 1.82) is 0 Å². The first-order chi connectivity index (χ1) is 8.24. The largest absolute Gasteiger partial charge is 0.462 e. The van der Waals surface area contributed by atoms with Gasteiger partial charge in [0, 0.05) is 0 Å². The second kappa shape index (κ2) is 3.92. The summed E-state index contributed by atoms with van der Waals surface area (Å²) in [5.41, 5.74) is 0.536. The van der Waals surface area contributed by atoms with Crippen LogP contribution in [0, 0.1) is 0 Å². The molecule has 1 N–H and O–H groups in total. The van der Waals surface area contributed by atoms with Crippen molar-refractivity contribution in [1.82, 2.24) is 5.32 Å². The molecule has 4 nitrogen and oxygen atoms in total. The zero-order valence-corrected chi connectivity index (χ0v) is 10.2. The Bertz CT molecular complexity index is 579. The molecule has 1 aliphatic heterocycles. The highest BCUT2D eigenvalue weighted by molar-refractivity contribution is 9.10. The summed E-state index contributed by atoms with van der Waals surface area (Å²) in [7, 11) is 0. The predicted octanol–water partition coefficient (Wildman–Crippen LogP) is 2.86. The first-order valence-electron chi connectivity index (χ1n) is 5.06. The number of para-hydroxylation sites is 1. The van der Waals surface area contributed by atoms with Gasteiger partial charge < -0.3 is 14.5 Å². The summed E-state index contributed by atoms with van der Waals surface area (Å²) in [6, 6.07) is 10.6. The summed E-state index contributed by atoms with van der Waals surface area (Å²) in [4.78, 5) is 11.8. The molecule has 1 atom stereocenters. The number of benzene rings is 1. The number of fused-ring (bicyclic) bond motifs is 1. The van der Waals surface area contributed by atoms with Gasteiger partial charge in [-0.3, -0.25) is 4.79 Å². The first kappa shape index (κ1) is 10.4. The second-order valence-electron chi connectivity index (χ2n) is 3.61. The Morgan fingerprint density at radius 3 is 2.76 bits per heavy atom. The van der Waals surface area contributed by atoms with E-state index >= 15 is 0 Å². The molecule has 1 aromatic heterocycles. The van der Waals surface area contributed by atoms with Crippen molar-refractivity contribution in [2.24, 2.45) is 0 Å². The monoisotopic (exact) mass is 293 g/mol. The molecule has 0 fully saturated rings. The summed E-state index contributed by atoms with van der Waals surface area (Å²) in [6.07, 6.45) is -0.580. The van der Waals surface area contributed by atoms with E-state index in [0.29, 0.717) is 21.7 Å². The minimum atomic E-state index is -0.580. The normalized spacial score (nSPS) is 18.2. The van der Waals surface area contributed by atoms with Gasteiger partial charge >= 0.3 is 0 Å². The van der Waals surface area contributed by atoms with Gasteiger partial charge in [0.1, 0.15) is 5.75 Å². The molecule has 5 heteroatoms. The number of halogens is 1. The minimum Gasteiger partial charge on any atom is -0.462 e. The highest BCUT2D eigenvalue weighted by atomic mass is 79.9. The van der Waals surface area contributed by atoms with E-state index < -0.39 is 6.23 Å². The smallest absolute Gasteiger partial charge is 0.258 e. The van der Waals surface area contributed by atoms with E-state index in [-0.39, 0.29) is 5.91 Å². The molecule has 2 heterocycles. The van der Waals surface area contributed by atoms with Gasteiger partial charge in [0.2, 0.25) is 6.23 Å². The van der Waals surface area contributed by atoms with Gasteiger partial charge in [-0.25, -0.2) is 0 Å². The molecule has 0 unspecified atom stereocenters. The van der Waals surface area contributed by atoms with Crippen LogP contribution in [0.15, 0.2) is 45.5 Å². The van der Waals surface area contributed by atoms with E-state index in [0.717, 1.165) is 0 Å². The average Bonchev–Trinajstić information content (AvgIpc) is 2.76. The Morgan fingerprint density at radius 2 is 2.00 bits per heavy atom. The molecule has 17 heavy (non-hydrogen) atoms. The van der Waals surface area contributed by atoms with Crippen LogP contribution in [-0.4, -0.2) is 5.91 Å². The Labute approximate surface area is 106 Å². The van der Waals surface area contributed by atoms with Crippen molar-refractivity contribution < 1.29 is 13.9 Å². The number of hydrogen-bond donors (Lipinski definition) is 1. The van der Waals surface area contributed by atoms with E-state index in [2.05, 4.69) is 21.2 Å². The van der Waals surface area contributed by atoms with Gasteiger partial charge in [0.25, 0.3) is 5.91 Å². The zero-order chi connectivity index (χ0) is 11.8. The third kappa shape index (κ3) is 1.82. The first-order valence-corrected chi connectivity index (χ1v) is 5.85. The molecule has 86 valence electrons. The summed E-state index contributed by atoms with van der Waals surface area (Å²) in [5, 5.41) is 2.73. The molecule has 1 amide bonds. The lowest BCUT2D eigenvalue weighted by Crippen LogP contribution is -2.36. The van der Waals surface area contributed by atoms with Crippen LogP contribution in [0.3, 0.4) is 0 Å². The molecular weight excluding hydrogens is 286 g/mol. The second-order valence-corrected chi connectivity index (χ2v) is 4.39. The summed E-state index contributed by atoms with van der Waals surface area (Å²) >= 11 is 3.21. The highest BCUT2D eigenvalue weighted by Crippen LogP contribution is 2.30. The number of carbonyl (C=O) groups excluding carboxylic acids is 1. The molecule has 2 aromatic rings. The fourth-order valence-electron chi connectivity index (χ4n) is 1.71. The lowest BCUT2D eigenvalue weighted by molar-refractivity contribution is 0.0705. The average molecular weight is 294 g/mol. The van der Waals surface area contributed by atoms with E-state index in [9.17, 15) is 4.79 Å². The van der Waals surface area contributed by atoms with Gasteiger partial charge in [-0.1, -0.05) is 12.1 Å². The Hall–Kier alpha value is -1.75. The standard InChI is InChI=1S/C12H8BrNO3/c13-10-6-5-9(16-10)12-14-11(15)7-3-1-2-4-8(7)17-12/h1-6,12H,(H,14,15)/t12-/m1/s1. The number of furan rings is 1. The Morgan fingerprint density at radius 1 is 1.18 bits per heavy atom. The lowest BCUT2D eigenvalue weighted by Gasteiger charge is -2.25. The van der Waals surface area contributed by atoms with Crippen LogP contribution in [0.4, 0.5) is 0 Å². The van der Waals surface area contributed by atoms with Crippen LogP contribution in [0.5, 0.6) is 5.75 Å². The van der Waals surface area contributed by atoms with E-state index in [1.807, 2.05) is 6.07 Å². The van der Waals surface area contributed by atoms with Crippen molar-refractivity contribution in [3.05, 3.63) is 52.4 Å². The zero-order valence-electron chi connectivity index (χ0n) is 8.64. The molecular formula is C12H8BrNO3. The summed E-state index contributed by atoms with van der Waals surface area (Å²) in [5.74, 6) is 0.956. The van der Waals surface area contributed by atoms with Crippen molar-refractivity contribution >= 4 is 21.8 Å². The molecule has 0 bridgehead atoms. The van der Waals surface area contributed by atoms with Crippen molar-refractivity contribution in [2.75, 3.05) is 0 Å². The number of rotatable bonds is 1. The van der Waals surface area contributed by atoms with Gasteiger partial charge in [-0.05, 0) is 40.2 Å². The predicted molar refractivity (Wildman–Crippen MR) is 63.7 cm³/mol. The number of amides is 1. The third-order valence-electron chi connectivity index (χ3n) is 2.49. The number of hydrogen-bond acceptors (Lipinski definition) is 3. The molecule has 3 rings (SSSR count). The minimum absolute atomic E-state index is 0.163. The maximum Gasteiger partial charge on any atom is 0.258 e. The van der Waals surface area contributed by atoms with E-state index in [1.54, 1.807) is 30.3 Å². The number of carbonyl (C=O) groups is 1.